The average Bonchev–Trinajstić information content (AvgIpc) is 2.82. The normalized spacial score (nSPS) is 20.6. The lowest BCUT2D eigenvalue weighted by Gasteiger charge is -2.34. The van der Waals surface area contributed by atoms with E-state index in [1.54, 1.807) is 7.11 Å². The van der Waals surface area contributed by atoms with E-state index >= 15 is 0 Å². The molecule has 3 aromatic carbocycles. The Hall–Kier alpha value is -4.04. The molecular weight excluding hydrogens is 400 g/mol. The highest BCUT2D eigenvalue weighted by Gasteiger charge is 2.41. The van der Waals surface area contributed by atoms with Crippen molar-refractivity contribution in [1.29, 1.82) is 5.26 Å². The summed E-state index contributed by atoms with van der Waals surface area (Å²) in [4.78, 5) is 13.5. The molecule has 0 amide bonds. The molecule has 0 fully saturated rings. The van der Waals surface area contributed by atoms with Crippen LogP contribution in [0.25, 0.3) is 10.8 Å². The Bertz CT molecular complexity index is 1320. The van der Waals surface area contributed by atoms with Crippen molar-refractivity contribution < 1.29 is 14.3 Å². The van der Waals surface area contributed by atoms with Gasteiger partial charge in [-0.05, 0) is 39.9 Å². The van der Waals surface area contributed by atoms with Gasteiger partial charge in [-0.1, -0.05) is 54.6 Å². The number of benzene rings is 3. The molecule has 0 spiro atoms. The number of nitrogens with two attached hydrogens (primary N) is 1. The van der Waals surface area contributed by atoms with Gasteiger partial charge in [0.05, 0.1) is 13.0 Å². The quantitative estimate of drug-likeness (QED) is 0.638. The van der Waals surface area contributed by atoms with Crippen LogP contribution in [0, 0.1) is 11.3 Å². The molecule has 2 atom stereocenters. The van der Waals surface area contributed by atoms with Crippen LogP contribution < -0.4 is 10.5 Å². The molecule has 0 aromatic heterocycles. The number of carbonyl (C=O) groups excluding carboxylic acids is 1. The first-order chi connectivity index (χ1) is 15.6. The Kier molecular flexibility index (Phi) is 4.91. The van der Waals surface area contributed by atoms with Crippen LogP contribution in [0.3, 0.4) is 0 Å². The molecule has 5 heteroatoms. The second-order valence-corrected chi connectivity index (χ2v) is 8.13. The van der Waals surface area contributed by atoms with Gasteiger partial charge in [-0.25, -0.2) is 0 Å². The van der Waals surface area contributed by atoms with E-state index < -0.39 is 5.92 Å². The number of nitrogens with zero attached hydrogens (tertiary/aromatic N) is 1. The third kappa shape index (κ3) is 3.21. The maximum atomic E-state index is 13.5. The van der Waals surface area contributed by atoms with Gasteiger partial charge in [0.15, 0.2) is 5.78 Å². The molecule has 0 unspecified atom stereocenters. The van der Waals surface area contributed by atoms with E-state index in [1.807, 2.05) is 42.5 Å². The van der Waals surface area contributed by atoms with Gasteiger partial charge in [-0.3, -0.25) is 4.79 Å². The fourth-order valence-corrected chi connectivity index (χ4v) is 4.86. The molecule has 0 saturated carbocycles. The molecule has 158 valence electrons. The first-order valence-electron chi connectivity index (χ1n) is 10.6. The Balaban J connectivity index is 1.59. The van der Waals surface area contributed by atoms with Crippen LogP contribution in [-0.2, 0) is 9.53 Å². The Morgan fingerprint density at radius 1 is 1.03 bits per heavy atom. The fraction of sp³-hybridized carbons (Fsp3) is 0.185. The Labute approximate surface area is 186 Å². The molecule has 2 aliphatic rings. The van der Waals surface area contributed by atoms with Crippen molar-refractivity contribution in [3.8, 4) is 11.8 Å². The van der Waals surface area contributed by atoms with Crippen LogP contribution in [0.5, 0.6) is 5.75 Å². The molecule has 5 rings (SSSR count). The minimum atomic E-state index is -0.532. The van der Waals surface area contributed by atoms with Crippen molar-refractivity contribution in [2.24, 2.45) is 5.73 Å². The van der Waals surface area contributed by atoms with Crippen molar-refractivity contribution in [3.05, 3.63) is 101 Å². The minimum absolute atomic E-state index is 0.00903. The third-order valence-electron chi connectivity index (χ3n) is 6.37. The van der Waals surface area contributed by atoms with E-state index in [2.05, 4.69) is 30.3 Å². The number of nitriles is 1. The van der Waals surface area contributed by atoms with Crippen LogP contribution in [0.1, 0.15) is 35.8 Å². The highest BCUT2D eigenvalue weighted by atomic mass is 16.5. The summed E-state index contributed by atoms with van der Waals surface area (Å²) in [5.41, 5.74) is 8.92. The molecule has 0 bridgehead atoms. The summed E-state index contributed by atoms with van der Waals surface area (Å²) in [7, 11) is 1.60. The molecule has 3 aromatic rings. The van der Waals surface area contributed by atoms with Crippen LogP contribution in [0.15, 0.2) is 89.5 Å². The van der Waals surface area contributed by atoms with Gasteiger partial charge < -0.3 is 15.2 Å². The van der Waals surface area contributed by atoms with Crippen LogP contribution in [0.4, 0.5) is 0 Å². The van der Waals surface area contributed by atoms with E-state index in [1.165, 1.54) is 0 Å². The highest BCUT2D eigenvalue weighted by molar-refractivity contribution is 6.00. The SMILES string of the molecule is COc1ccc([C@@H]2C(C#N)=C(N)OC3=C2C(=O)C[C@@H](c2cccc4ccccc24)C3)cc1. The van der Waals surface area contributed by atoms with E-state index in [0.29, 0.717) is 29.9 Å². The number of hydrogen-bond donors (Lipinski definition) is 1. The summed E-state index contributed by atoms with van der Waals surface area (Å²) >= 11 is 0. The van der Waals surface area contributed by atoms with Gasteiger partial charge in [-0.15, -0.1) is 0 Å². The Morgan fingerprint density at radius 3 is 2.53 bits per heavy atom. The summed E-state index contributed by atoms with van der Waals surface area (Å²) in [5, 5.41) is 12.1. The highest BCUT2D eigenvalue weighted by Crippen LogP contribution is 2.47. The minimum Gasteiger partial charge on any atom is -0.497 e. The molecule has 1 aliphatic heterocycles. The molecule has 0 radical (unpaired) electrons. The average molecular weight is 422 g/mol. The first-order valence-corrected chi connectivity index (χ1v) is 10.6. The second-order valence-electron chi connectivity index (χ2n) is 8.13. The summed E-state index contributed by atoms with van der Waals surface area (Å²) in [5.74, 6) is 0.785. The van der Waals surface area contributed by atoms with Crippen molar-refractivity contribution in [1.82, 2.24) is 0 Å². The lowest BCUT2D eigenvalue weighted by Crippen LogP contribution is -2.29. The van der Waals surface area contributed by atoms with E-state index in [-0.39, 0.29) is 23.2 Å². The predicted octanol–water partition coefficient (Wildman–Crippen LogP) is 5.06. The van der Waals surface area contributed by atoms with Crippen LogP contribution >= 0.6 is 0 Å². The molecular formula is C27H22N2O3. The third-order valence-corrected chi connectivity index (χ3v) is 6.37. The van der Waals surface area contributed by atoms with Crippen molar-refractivity contribution in [2.45, 2.75) is 24.7 Å². The topological polar surface area (TPSA) is 85.3 Å². The zero-order valence-electron chi connectivity index (χ0n) is 17.7. The van der Waals surface area contributed by atoms with Gasteiger partial charge in [-0.2, -0.15) is 5.26 Å². The smallest absolute Gasteiger partial charge is 0.205 e. The fourth-order valence-electron chi connectivity index (χ4n) is 4.86. The molecule has 32 heavy (non-hydrogen) atoms. The van der Waals surface area contributed by atoms with Gasteiger partial charge in [0, 0.05) is 18.4 Å². The summed E-state index contributed by atoms with van der Waals surface area (Å²) in [6.07, 6.45) is 0.919. The molecule has 1 heterocycles. The number of hydrogen-bond acceptors (Lipinski definition) is 5. The zero-order valence-corrected chi connectivity index (χ0v) is 17.7. The van der Waals surface area contributed by atoms with Crippen molar-refractivity contribution in [2.75, 3.05) is 7.11 Å². The molecule has 5 nitrogen and oxygen atoms in total. The van der Waals surface area contributed by atoms with Gasteiger partial charge in [0.1, 0.15) is 23.2 Å². The number of fused-ring (bicyclic) bond motifs is 1. The van der Waals surface area contributed by atoms with Gasteiger partial charge in [0.25, 0.3) is 0 Å². The maximum absolute atomic E-state index is 13.5. The largest absolute Gasteiger partial charge is 0.497 e. The van der Waals surface area contributed by atoms with Crippen LogP contribution in [0.2, 0.25) is 0 Å². The van der Waals surface area contributed by atoms with Gasteiger partial charge >= 0.3 is 0 Å². The number of Topliss-reactive ketones (excluding diaryl/α,β-unsaturated/α-hetero) is 1. The molecule has 2 N–H and O–H groups in total. The summed E-state index contributed by atoms with van der Waals surface area (Å²) in [6, 6.07) is 23.9. The molecule has 0 saturated heterocycles. The summed E-state index contributed by atoms with van der Waals surface area (Å²) in [6.45, 7) is 0. The van der Waals surface area contributed by atoms with E-state index in [0.717, 1.165) is 21.9 Å². The number of ether oxygens (including phenoxy) is 2. The van der Waals surface area contributed by atoms with Crippen LogP contribution in [-0.4, -0.2) is 12.9 Å². The van der Waals surface area contributed by atoms with E-state index in [9.17, 15) is 10.1 Å². The monoisotopic (exact) mass is 422 g/mol. The predicted molar refractivity (Wildman–Crippen MR) is 122 cm³/mol. The number of allylic oxidation sites excluding steroid dienone is 3. The maximum Gasteiger partial charge on any atom is 0.205 e. The van der Waals surface area contributed by atoms with E-state index in [4.69, 9.17) is 15.2 Å². The van der Waals surface area contributed by atoms with Gasteiger partial charge in [0.2, 0.25) is 5.88 Å². The number of rotatable bonds is 3. The zero-order chi connectivity index (χ0) is 22.2. The second kappa shape index (κ2) is 7.90. The lowest BCUT2D eigenvalue weighted by atomic mass is 9.73. The Morgan fingerprint density at radius 2 is 1.78 bits per heavy atom. The lowest BCUT2D eigenvalue weighted by molar-refractivity contribution is -0.117. The summed E-state index contributed by atoms with van der Waals surface area (Å²) < 4.78 is 11.1. The number of carbonyl (C=O) groups is 1. The standard InChI is InChI=1S/C27H22N2O3/c1-31-19-11-9-17(10-12-19)25-22(15-28)27(29)32-24-14-18(13-23(30)26(24)25)21-8-4-6-16-5-2-3-7-20(16)21/h2-12,18,25H,13-14,29H2,1H3/t18-,25-/m1/s1. The molecule has 1 aliphatic carbocycles. The van der Waals surface area contributed by atoms with Crippen molar-refractivity contribution in [3.63, 3.8) is 0 Å². The number of ketones is 1. The first kappa shape index (κ1) is 19.9. The van der Waals surface area contributed by atoms with Crippen molar-refractivity contribution >= 4 is 16.6 Å². The number of methoxy groups -OCH3 is 1.